The van der Waals surface area contributed by atoms with Crippen LogP contribution < -0.4 is 5.73 Å². The molecule has 0 unspecified atom stereocenters. The number of rotatable bonds is 3. The number of piperazine rings is 1. The normalized spacial score (nSPS) is 16.4. The SMILES string of the molecule is COC(=O)CN1CCN(C(=O)c2cc(N)c[nH]2)CC1. The molecule has 19 heavy (non-hydrogen) atoms. The maximum Gasteiger partial charge on any atom is 0.319 e. The van der Waals surface area contributed by atoms with E-state index in [-0.39, 0.29) is 18.4 Å². The van der Waals surface area contributed by atoms with Crippen LogP contribution in [0.3, 0.4) is 0 Å². The summed E-state index contributed by atoms with van der Waals surface area (Å²) in [6.45, 7) is 2.78. The van der Waals surface area contributed by atoms with E-state index in [1.54, 1.807) is 17.2 Å². The summed E-state index contributed by atoms with van der Waals surface area (Å²) in [6, 6.07) is 1.63. The molecule has 7 heteroatoms. The second kappa shape index (κ2) is 5.75. The monoisotopic (exact) mass is 266 g/mol. The first-order valence-corrected chi connectivity index (χ1v) is 6.12. The number of aromatic amines is 1. The molecule has 1 aromatic heterocycles. The lowest BCUT2D eigenvalue weighted by Gasteiger charge is -2.33. The summed E-state index contributed by atoms with van der Waals surface area (Å²) in [4.78, 5) is 29.9. The molecule has 104 valence electrons. The molecule has 1 aliphatic heterocycles. The van der Waals surface area contributed by atoms with E-state index in [0.717, 1.165) is 0 Å². The van der Waals surface area contributed by atoms with Gasteiger partial charge >= 0.3 is 5.97 Å². The Morgan fingerprint density at radius 1 is 1.37 bits per heavy atom. The highest BCUT2D eigenvalue weighted by atomic mass is 16.5. The van der Waals surface area contributed by atoms with Gasteiger partial charge in [-0.3, -0.25) is 14.5 Å². The molecule has 1 saturated heterocycles. The van der Waals surface area contributed by atoms with Crippen LogP contribution in [0.15, 0.2) is 12.3 Å². The number of nitrogens with two attached hydrogens (primary N) is 1. The number of ether oxygens (including phenoxy) is 1. The number of aromatic nitrogens is 1. The summed E-state index contributed by atoms with van der Waals surface area (Å²) in [7, 11) is 1.37. The van der Waals surface area contributed by atoms with Gasteiger partial charge in [0.05, 0.1) is 13.7 Å². The Bertz CT molecular complexity index is 463. The van der Waals surface area contributed by atoms with Gasteiger partial charge in [-0.15, -0.1) is 0 Å². The fourth-order valence-electron chi connectivity index (χ4n) is 2.06. The molecule has 0 aromatic carbocycles. The highest BCUT2D eigenvalue weighted by molar-refractivity contribution is 5.93. The summed E-state index contributed by atoms with van der Waals surface area (Å²) in [6.07, 6.45) is 1.60. The van der Waals surface area contributed by atoms with Gasteiger partial charge in [-0.25, -0.2) is 0 Å². The summed E-state index contributed by atoms with van der Waals surface area (Å²) in [5, 5.41) is 0. The van der Waals surface area contributed by atoms with Gasteiger partial charge in [-0.05, 0) is 6.07 Å². The summed E-state index contributed by atoms with van der Waals surface area (Å²) in [5.74, 6) is -0.314. The summed E-state index contributed by atoms with van der Waals surface area (Å²) in [5.41, 5.74) is 6.62. The quantitative estimate of drug-likeness (QED) is 0.721. The van der Waals surface area contributed by atoms with Crippen LogP contribution >= 0.6 is 0 Å². The van der Waals surface area contributed by atoms with Gasteiger partial charge in [0, 0.05) is 38.1 Å². The Morgan fingerprint density at radius 3 is 2.58 bits per heavy atom. The number of H-pyrrole nitrogens is 1. The minimum atomic E-state index is -0.253. The molecular weight excluding hydrogens is 248 g/mol. The van der Waals surface area contributed by atoms with Crippen molar-refractivity contribution in [1.29, 1.82) is 0 Å². The molecule has 1 fully saturated rings. The van der Waals surface area contributed by atoms with E-state index in [0.29, 0.717) is 37.6 Å². The van der Waals surface area contributed by atoms with Crippen LogP contribution in [0.5, 0.6) is 0 Å². The molecule has 1 amide bonds. The van der Waals surface area contributed by atoms with Gasteiger partial charge in [0.2, 0.25) is 0 Å². The third-order valence-electron chi connectivity index (χ3n) is 3.18. The lowest BCUT2D eigenvalue weighted by atomic mass is 10.2. The number of hydrogen-bond donors (Lipinski definition) is 2. The molecule has 2 heterocycles. The maximum absolute atomic E-state index is 12.1. The van der Waals surface area contributed by atoms with E-state index in [1.165, 1.54) is 7.11 Å². The summed E-state index contributed by atoms with van der Waals surface area (Å²) < 4.78 is 4.62. The molecule has 2 rings (SSSR count). The van der Waals surface area contributed by atoms with Gasteiger partial charge < -0.3 is 20.4 Å². The van der Waals surface area contributed by atoms with Crippen LogP contribution in [0.2, 0.25) is 0 Å². The van der Waals surface area contributed by atoms with Crippen molar-refractivity contribution in [1.82, 2.24) is 14.8 Å². The number of esters is 1. The lowest BCUT2D eigenvalue weighted by molar-refractivity contribution is -0.142. The van der Waals surface area contributed by atoms with Gasteiger partial charge in [0.1, 0.15) is 5.69 Å². The van der Waals surface area contributed by atoms with Crippen LogP contribution in [0.4, 0.5) is 5.69 Å². The minimum absolute atomic E-state index is 0.0607. The number of nitrogens with one attached hydrogen (secondary N) is 1. The molecule has 7 nitrogen and oxygen atoms in total. The Balaban J connectivity index is 1.86. The van der Waals surface area contributed by atoms with E-state index in [2.05, 4.69) is 9.72 Å². The van der Waals surface area contributed by atoms with E-state index in [9.17, 15) is 9.59 Å². The first-order valence-electron chi connectivity index (χ1n) is 6.12. The molecule has 1 aromatic rings. The Morgan fingerprint density at radius 2 is 2.05 bits per heavy atom. The van der Waals surface area contributed by atoms with Gasteiger partial charge in [-0.2, -0.15) is 0 Å². The van der Waals surface area contributed by atoms with E-state index in [4.69, 9.17) is 5.73 Å². The van der Waals surface area contributed by atoms with Crippen molar-refractivity contribution in [2.45, 2.75) is 0 Å². The number of carbonyl (C=O) groups excluding carboxylic acids is 2. The zero-order valence-electron chi connectivity index (χ0n) is 10.9. The van der Waals surface area contributed by atoms with E-state index in [1.807, 2.05) is 4.90 Å². The topological polar surface area (TPSA) is 91.7 Å². The Kier molecular flexibility index (Phi) is 4.06. The van der Waals surface area contributed by atoms with E-state index < -0.39 is 0 Å². The fourth-order valence-corrected chi connectivity index (χ4v) is 2.06. The molecule has 0 radical (unpaired) electrons. The van der Waals surface area contributed by atoms with Crippen LogP contribution in [0, 0.1) is 0 Å². The average Bonchev–Trinajstić information content (AvgIpc) is 2.85. The second-order valence-corrected chi connectivity index (χ2v) is 4.49. The van der Waals surface area contributed by atoms with Gasteiger partial charge in [0.15, 0.2) is 0 Å². The highest BCUT2D eigenvalue weighted by Gasteiger charge is 2.24. The first kappa shape index (κ1) is 13.4. The number of methoxy groups -OCH3 is 1. The van der Waals surface area contributed by atoms with Crippen molar-refractivity contribution in [3.8, 4) is 0 Å². The van der Waals surface area contributed by atoms with Crippen molar-refractivity contribution in [2.24, 2.45) is 0 Å². The molecule has 0 saturated carbocycles. The van der Waals surface area contributed by atoms with E-state index >= 15 is 0 Å². The number of carbonyl (C=O) groups is 2. The van der Waals surface area contributed by atoms with Gasteiger partial charge in [-0.1, -0.05) is 0 Å². The number of nitrogens with zero attached hydrogens (tertiary/aromatic N) is 2. The predicted octanol–water partition coefficient (Wildman–Crippen LogP) is -0.472. The Hall–Kier alpha value is -2.02. The van der Waals surface area contributed by atoms with Crippen molar-refractivity contribution in [3.63, 3.8) is 0 Å². The molecule has 3 N–H and O–H groups in total. The molecule has 0 atom stereocenters. The zero-order chi connectivity index (χ0) is 13.8. The number of anilines is 1. The van der Waals surface area contributed by atoms with Crippen molar-refractivity contribution < 1.29 is 14.3 Å². The van der Waals surface area contributed by atoms with Crippen LogP contribution in [-0.4, -0.2) is 66.5 Å². The third-order valence-corrected chi connectivity index (χ3v) is 3.18. The van der Waals surface area contributed by atoms with Crippen molar-refractivity contribution in [3.05, 3.63) is 18.0 Å². The molecule has 0 bridgehead atoms. The minimum Gasteiger partial charge on any atom is -0.468 e. The standard InChI is InChI=1S/C12H18N4O3/c1-19-11(17)8-15-2-4-16(5-3-15)12(18)10-6-9(13)7-14-10/h6-7,14H,2-5,8,13H2,1H3. The fraction of sp³-hybridized carbons (Fsp3) is 0.500. The molecule has 0 spiro atoms. The third kappa shape index (κ3) is 3.25. The molecule has 0 aliphatic carbocycles. The lowest BCUT2D eigenvalue weighted by Crippen LogP contribution is -2.50. The second-order valence-electron chi connectivity index (χ2n) is 4.49. The van der Waals surface area contributed by atoms with Crippen LogP contribution in [0.25, 0.3) is 0 Å². The highest BCUT2D eigenvalue weighted by Crippen LogP contribution is 2.10. The first-order chi connectivity index (χ1) is 9.10. The molecule has 1 aliphatic rings. The maximum atomic E-state index is 12.1. The number of nitrogen functional groups attached to an aromatic ring is 1. The largest absolute Gasteiger partial charge is 0.468 e. The Labute approximate surface area is 111 Å². The van der Waals surface area contributed by atoms with Crippen molar-refractivity contribution in [2.75, 3.05) is 45.6 Å². The van der Waals surface area contributed by atoms with Gasteiger partial charge in [0.25, 0.3) is 5.91 Å². The zero-order valence-corrected chi connectivity index (χ0v) is 10.9. The average molecular weight is 266 g/mol. The summed E-state index contributed by atoms with van der Waals surface area (Å²) >= 11 is 0. The number of amides is 1. The number of hydrogen-bond acceptors (Lipinski definition) is 5. The smallest absolute Gasteiger partial charge is 0.319 e. The van der Waals surface area contributed by atoms with Crippen molar-refractivity contribution >= 4 is 17.6 Å². The van der Waals surface area contributed by atoms with Crippen LogP contribution in [0.1, 0.15) is 10.5 Å². The molecular formula is C12H18N4O3. The predicted molar refractivity (Wildman–Crippen MR) is 69.6 cm³/mol. The van der Waals surface area contributed by atoms with Crippen LogP contribution in [-0.2, 0) is 9.53 Å².